The lowest BCUT2D eigenvalue weighted by Crippen LogP contribution is -2.49. The van der Waals surface area contributed by atoms with Gasteiger partial charge in [-0.1, -0.05) is 0 Å². The molecule has 1 atom stereocenters. The van der Waals surface area contributed by atoms with Crippen molar-refractivity contribution in [2.45, 2.75) is 0 Å². The van der Waals surface area contributed by atoms with E-state index in [0.717, 1.165) is 36.3 Å². The third-order valence-corrected chi connectivity index (χ3v) is 5.17. The number of amides is 1. The lowest BCUT2D eigenvalue weighted by atomic mass is 10.2. The SMILES string of the molecule is COc1ccc2cc(C(=O)N3CCN(CC[S@@](C)=O)CC3)[nH]c2c1. The highest BCUT2D eigenvalue weighted by atomic mass is 32.2. The number of hydrogen-bond acceptors (Lipinski definition) is 4. The van der Waals surface area contributed by atoms with Crippen molar-refractivity contribution in [3.05, 3.63) is 30.0 Å². The van der Waals surface area contributed by atoms with Crippen molar-refractivity contribution in [2.75, 3.05) is 51.8 Å². The van der Waals surface area contributed by atoms with Crippen molar-refractivity contribution >= 4 is 27.6 Å². The van der Waals surface area contributed by atoms with Crippen LogP contribution < -0.4 is 4.74 Å². The summed E-state index contributed by atoms with van der Waals surface area (Å²) in [7, 11) is 0.865. The zero-order valence-corrected chi connectivity index (χ0v) is 14.9. The number of hydrogen-bond donors (Lipinski definition) is 1. The summed E-state index contributed by atoms with van der Waals surface area (Å²) in [5, 5.41) is 1.00. The van der Waals surface area contributed by atoms with Crippen LogP contribution in [0, 0.1) is 0 Å². The summed E-state index contributed by atoms with van der Waals surface area (Å²) in [5.41, 5.74) is 1.52. The van der Waals surface area contributed by atoms with Gasteiger partial charge in [0.15, 0.2) is 0 Å². The van der Waals surface area contributed by atoms with Gasteiger partial charge in [0.1, 0.15) is 11.4 Å². The zero-order valence-electron chi connectivity index (χ0n) is 14.1. The second-order valence-electron chi connectivity index (χ2n) is 6.05. The second kappa shape index (κ2) is 7.36. The third-order valence-electron chi connectivity index (χ3n) is 4.41. The Hall–Kier alpha value is -1.86. The molecule has 0 spiro atoms. The minimum absolute atomic E-state index is 0.0314. The average Bonchev–Trinajstić information content (AvgIpc) is 3.02. The van der Waals surface area contributed by atoms with Gasteiger partial charge in [-0.2, -0.15) is 0 Å². The quantitative estimate of drug-likeness (QED) is 0.884. The molecule has 1 N–H and O–H groups in total. The van der Waals surface area contributed by atoms with Crippen molar-refractivity contribution in [1.29, 1.82) is 0 Å². The van der Waals surface area contributed by atoms with Crippen LogP contribution in [-0.2, 0) is 10.8 Å². The number of piperazine rings is 1. The normalized spacial score (nSPS) is 17.2. The predicted molar refractivity (Wildman–Crippen MR) is 96.1 cm³/mol. The van der Waals surface area contributed by atoms with Gasteiger partial charge in [-0.3, -0.25) is 13.9 Å². The number of carbonyl (C=O) groups is 1. The number of nitrogens with zero attached hydrogens (tertiary/aromatic N) is 2. The molecule has 24 heavy (non-hydrogen) atoms. The summed E-state index contributed by atoms with van der Waals surface area (Å²) >= 11 is 0. The molecule has 1 aromatic heterocycles. The molecule has 0 saturated carbocycles. The van der Waals surface area contributed by atoms with E-state index >= 15 is 0 Å². The van der Waals surface area contributed by atoms with E-state index in [2.05, 4.69) is 9.88 Å². The molecule has 3 rings (SSSR count). The van der Waals surface area contributed by atoms with Gasteiger partial charge < -0.3 is 14.6 Å². The van der Waals surface area contributed by atoms with E-state index in [9.17, 15) is 9.00 Å². The average molecular weight is 349 g/mol. The molecule has 2 heterocycles. The van der Waals surface area contributed by atoms with Crippen molar-refractivity contribution in [3.63, 3.8) is 0 Å². The highest BCUT2D eigenvalue weighted by Crippen LogP contribution is 2.22. The standard InChI is InChI=1S/C17H23N3O3S/c1-23-14-4-3-13-11-16(18-15(13)12-14)17(21)20-7-5-19(6-8-20)9-10-24(2)22/h3-4,11-12,18H,5-10H2,1-2H3/t24-/m1/s1. The number of rotatable bonds is 5. The third kappa shape index (κ3) is 3.79. The Morgan fingerprint density at radius 3 is 2.67 bits per heavy atom. The van der Waals surface area contributed by atoms with E-state index in [1.807, 2.05) is 29.2 Å². The number of aromatic nitrogens is 1. The number of fused-ring (bicyclic) bond motifs is 1. The van der Waals surface area contributed by atoms with E-state index in [4.69, 9.17) is 4.74 Å². The highest BCUT2D eigenvalue weighted by molar-refractivity contribution is 7.84. The summed E-state index contributed by atoms with van der Waals surface area (Å²) < 4.78 is 16.4. The fourth-order valence-corrected chi connectivity index (χ4v) is 3.47. The Labute approximate surface area is 144 Å². The molecule has 0 aliphatic carbocycles. The van der Waals surface area contributed by atoms with E-state index in [1.54, 1.807) is 13.4 Å². The first-order chi connectivity index (χ1) is 11.6. The summed E-state index contributed by atoms with van der Waals surface area (Å²) in [4.78, 5) is 20.0. The molecule has 0 unspecified atom stereocenters. The van der Waals surface area contributed by atoms with Gasteiger partial charge in [0.05, 0.1) is 7.11 Å². The van der Waals surface area contributed by atoms with Gasteiger partial charge >= 0.3 is 0 Å². The molecule has 1 saturated heterocycles. The van der Waals surface area contributed by atoms with Crippen molar-refractivity contribution in [3.8, 4) is 5.75 Å². The molecule has 1 aliphatic rings. The molecular formula is C17H23N3O3S. The smallest absolute Gasteiger partial charge is 0.270 e. The van der Waals surface area contributed by atoms with Gasteiger partial charge in [0.2, 0.25) is 0 Å². The maximum atomic E-state index is 12.7. The summed E-state index contributed by atoms with van der Waals surface area (Å²) in [6.07, 6.45) is 1.73. The molecule has 1 aromatic carbocycles. The van der Waals surface area contributed by atoms with Crippen molar-refractivity contribution in [2.24, 2.45) is 0 Å². The maximum absolute atomic E-state index is 12.7. The van der Waals surface area contributed by atoms with Crippen LogP contribution in [-0.4, -0.2) is 76.7 Å². The van der Waals surface area contributed by atoms with Crippen LogP contribution >= 0.6 is 0 Å². The fourth-order valence-electron chi connectivity index (χ4n) is 2.95. The van der Waals surface area contributed by atoms with Crippen LogP contribution in [0.1, 0.15) is 10.5 Å². The maximum Gasteiger partial charge on any atom is 0.270 e. The zero-order chi connectivity index (χ0) is 17.1. The molecule has 130 valence electrons. The van der Waals surface area contributed by atoms with E-state index in [-0.39, 0.29) is 5.91 Å². The molecule has 2 aromatic rings. The first-order valence-corrected chi connectivity index (χ1v) is 9.78. The molecule has 0 radical (unpaired) electrons. The molecule has 6 nitrogen and oxygen atoms in total. The number of ether oxygens (including phenoxy) is 1. The molecular weight excluding hydrogens is 326 g/mol. The van der Waals surface area contributed by atoms with Gasteiger partial charge in [0.25, 0.3) is 5.91 Å². The van der Waals surface area contributed by atoms with Crippen LogP contribution in [0.2, 0.25) is 0 Å². The van der Waals surface area contributed by atoms with Crippen LogP contribution in [0.4, 0.5) is 0 Å². The van der Waals surface area contributed by atoms with Crippen LogP contribution in [0.3, 0.4) is 0 Å². The molecule has 1 aliphatic heterocycles. The second-order valence-corrected chi connectivity index (χ2v) is 7.60. The number of methoxy groups -OCH3 is 1. The van der Waals surface area contributed by atoms with Gasteiger partial charge in [-0.05, 0) is 18.2 Å². The summed E-state index contributed by atoms with van der Waals surface area (Å²) in [5.74, 6) is 1.49. The first kappa shape index (κ1) is 17.0. The monoisotopic (exact) mass is 349 g/mol. The number of carbonyl (C=O) groups excluding carboxylic acids is 1. The predicted octanol–water partition coefficient (Wildman–Crippen LogP) is 1.31. The topological polar surface area (TPSA) is 65.6 Å². The lowest BCUT2D eigenvalue weighted by molar-refractivity contribution is 0.0639. The molecule has 1 amide bonds. The van der Waals surface area contributed by atoms with Crippen molar-refractivity contribution < 1.29 is 13.7 Å². The Morgan fingerprint density at radius 1 is 1.25 bits per heavy atom. The number of nitrogens with one attached hydrogen (secondary N) is 1. The minimum atomic E-state index is -0.764. The minimum Gasteiger partial charge on any atom is -0.497 e. The molecule has 7 heteroatoms. The summed E-state index contributed by atoms with van der Waals surface area (Å²) in [6, 6.07) is 7.63. The van der Waals surface area contributed by atoms with Gasteiger partial charge in [-0.15, -0.1) is 0 Å². The van der Waals surface area contributed by atoms with Gasteiger partial charge in [0, 0.05) is 72.5 Å². The van der Waals surface area contributed by atoms with Crippen LogP contribution in [0.15, 0.2) is 24.3 Å². The molecule has 1 fully saturated rings. The van der Waals surface area contributed by atoms with Gasteiger partial charge in [-0.25, -0.2) is 0 Å². The lowest BCUT2D eigenvalue weighted by Gasteiger charge is -2.34. The fraction of sp³-hybridized carbons (Fsp3) is 0.471. The van der Waals surface area contributed by atoms with Crippen LogP contribution in [0.25, 0.3) is 10.9 Å². The summed E-state index contributed by atoms with van der Waals surface area (Å²) in [6.45, 7) is 3.90. The Morgan fingerprint density at radius 2 is 2.00 bits per heavy atom. The van der Waals surface area contributed by atoms with Crippen LogP contribution in [0.5, 0.6) is 5.75 Å². The van der Waals surface area contributed by atoms with Crippen molar-refractivity contribution in [1.82, 2.24) is 14.8 Å². The Bertz CT molecular complexity index is 751. The van der Waals surface area contributed by atoms with E-state index in [0.29, 0.717) is 24.5 Å². The molecule has 0 bridgehead atoms. The number of benzene rings is 1. The largest absolute Gasteiger partial charge is 0.497 e. The Balaban J connectivity index is 1.64. The first-order valence-electron chi connectivity index (χ1n) is 8.05. The number of H-pyrrole nitrogens is 1. The Kier molecular flexibility index (Phi) is 5.20. The highest BCUT2D eigenvalue weighted by Gasteiger charge is 2.23. The van der Waals surface area contributed by atoms with E-state index < -0.39 is 10.8 Å². The van der Waals surface area contributed by atoms with E-state index in [1.165, 1.54) is 0 Å². The number of aromatic amines is 1.